The highest BCUT2D eigenvalue weighted by Crippen LogP contribution is 2.40. The number of nitrogens with zero attached hydrogens (tertiary/aromatic N) is 1. The molecule has 32 heavy (non-hydrogen) atoms. The summed E-state index contributed by atoms with van der Waals surface area (Å²) < 4.78 is 53.1. The maximum atomic E-state index is 12.5. The molecular weight excluding hydrogens is 419 g/mol. The molecule has 7 heteroatoms. The van der Waals surface area contributed by atoms with Crippen molar-refractivity contribution in [3.8, 4) is 34.1 Å². The van der Waals surface area contributed by atoms with Crippen LogP contribution in [0, 0.1) is 6.92 Å². The molecule has 0 N–H and O–H groups in total. The largest absolute Gasteiger partial charge is 0.573 e. The number of rotatable bonds is 6. The predicted octanol–water partition coefficient (Wildman–Crippen LogP) is 7.03. The molecule has 0 radical (unpaired) electrons. The Labute approximate surface area is 185 Å². The van der Waals surface area contributed by atoms with Crippen LogP contribution in [0.1, 0.15) is 36.7 Å². The van der Waals surface area contributed by atoms with Crippen LogP contribution in [0.15, 0.2) is 48.5 Å². The van der Waals surface area contributed by atoms with E-state index < -0.39 is 6.36 Å². The van der Waals surface area contributed by atoms with Gasteiger partial charge in [-0.2, -0.15) is 0 Å². The van der Waals surface area contributed by atoms with E-state index in [0.29, 0.717) is 12.4 Å². The van der Waals surface area contributed by atoms with E-state index in [0.717, 1.165) is 53.9 Å². The van der Waals surface area contributed by atoms with Gasteiger partial charge in [-0.05, 0) is 69.4 Å². The molecular formula is C25H24F3NO3. The van der Waals surface area contributed by atoms with Crippen molar-refractivity contribution in [1.82, 2.24) is 4.98 Å². The number of halogens is 3. The van der Waals surface area contributed by atoms with Crippen LogP contribution >= 0.6 is 0 Å². The molecule has 1 aliphatic rings. The van der Waals surface area contributed by atoms with Gasteiger partial charge in [-0.3, -0.25) is 4.98 Å². The first-order chi connectivity index (χ1) is 15.3. The third-order valence-corrected chi connectivity index (χ3v) is 5.31. The maximum Gasteiger partial charge on any atom is 0.573 e. The lowest BCUT2D eigenvalue weighted by Gasteiger charge is -2.23. The summed E-state index contributed by atoms with van der Waals surface area (Å²) in [5.74, 6) is 1.32. The SMILES string of the molecule is CCOc1c2c(nc(C)c1-c1ccc(Oc3cccc(OC(F)(F)F)c3)cc1)CCCC2. The van der Waals surface area contributed by atoms with Gasteiger partial charge < -0.3 is 14.2 Å². The second-order valence-corrected chi connectivity index (χ2v) is 7.62. The minimum Gasteiger partial charge on any atom is -0.493 e. The van der Waals surface area contributed by atoms with Crippen LogP contribution in [0.4, 0.5) is 13.2 Å². The molecule has 0 aliphatic heterocycles. The van der Waals surface area contributed by atoms with E-state index in [1.165, 1.54) is 23.8 Å². The standard InChI is InChI=1S/C25H24F3NO3/c1-3-30-24-21-9-4-5-10-22(21)29-16(2)23(24)17-11-13-18(14-12-17)31-19-7-6-8-20(15-19)32-25(26,27)28/h6-8,11-15H,3-5,9-10H2,1-2H3. The number of fused-ring (bicyclic) bond motifs is 1. The zero-order valence-corrected chi connectivity index (χ0v) is 18.0. The summed E-state index contributed by atoms with van der Waals surface area (Å²) in [6.45, 7) is 4.53. The van der Waals surface area contributed by atoms with Gasteiger partial charge in [-0.1, -0.05) is 18.2 Å². The van der Waals surface area contributed by atoms with Gasteiger partial charge in [0.05, 0.1) is 6.61 Å². The van der Waals surface area contributed by atoms with Crippen molar-refractivity contribution >= 4 is 0 Å². The smallest absolute Gasteiger partial charge is 0.493 e. The first-order valence-electron chi connectivity index (χ1n) is 10.6. The number of aromatic nitrogens is 1. The lowest BCUT2D eigenvalue weighted by atomic mass is 9.91. The Morgan fingerprint density at radius 1 is 0.938 bits per heavy atom. The number of pyridine rings is 1. The summed E-state index contributed by atoms with van der Waals surface area (Å²) in [5, 5.41) is 0. The van der Waals surface area contributed by atoms with Gasteiger partial charge in [0.1, 0.15) is 23.0 Å². The molecule has 1 heterocycles. The predicted molar refractivity (Wildman–Crippen MR) is 115 cm³/mol. The fraction of sp³-hybridized carbons (Fsp3) is 0.320. The zero-order chi connectivity index (χ0) is 22.7. The molecule has 4 nitrogen and oxygen atoms in total. The van der Waals surface area contributed by atoms with Crippen molar-refractivity contribution in [2.45, 2.75) is 45.9 Å². The highest BCUT2D eigenvalue weighted by Gasteiger charge is 2.31. The van der Waals surface area contributed by atoms with Crippen molar-refractivity contribution in [1.29, 1.82) is 0 Å². The fourth-order valence-corrected chi connectivity index (χ4v) is 4.04. The van der Waals surface area contributed by atoms with Crippen LogP contribution in [0.25, 0.3) is 11.1 Å². The van der Waals surface area contributed by atoms with E-state index in [4.69, 9.17) is 14.5 Å². The first kappa shape index (κ1) is 22.0. The Hall–Kier alpha value is -3.22. The highest BCUT2D eigenvalue weighted by atomic mass is 19.4. The number of ether oxygens (including phenoxy) is 3. The second-order valence-electron chi connectivity index (χ2n) is 7.62. The van der Waals surface area contributed by atoms with Gasteiger partial charge in [0.2, 0.25) is 0 Å². The van der Waals surface area contributed by atoms with Gasteiger partial charge in [0, 0.05) is 28.6 Å². The lowest BCUT2D eigenvalue weighted by Crippen LogP contribution is -2.16. The number of alkyl halides is 3. The van der Waals surface area contributed by atoms with Crippen LogP contribution in [0.3, 0.4) is 0 Å². The van der Waals surface area contributed by atoms with E-state index in [9.17, 15) is 13.2 Å². The molecule has 0 amide bonds. The van der Waals surface area contributed by atoms with Crippen molar-refractivity contribution in [3.05, 3.63) is 65.5 Å². The summed E-state index contributed by atoms with van der Waals surface area (Å²) in [5.41, 5.74) is 5.16. The van der Waals surface area contributed by atoms with Crippen LogP contribution in [-0.2, 0) is 12.8 Å². The summed E-state index contributed by atoms with van der Waals surface area (Å²) >= 11 is 0. The number of hydrogen-bond acceptors (Lipinski definition) is 4. The molecule has 0 saturated carbocycles. The Kier molecular flexibility index (Phi) is 6.26. The molecule has 0 fully saturated rings. The molecule has 0 atom stereocenters. The van der Waals surface area contributed by atoms with Gasteiger partial charge in [0.15, 0.2) is 0 Å². The van der Waals surface area contributed by atoms with E-state index in [1.54, 1.807) is 18.2 Å². The summed E-state index contributed by atoms with van der Waals surface area (Å²) in [7, 11) is 0. The molecule has 1 aromatic heterocycles. The van der Waals surface area contributed by atoms with Gasteiger partial charge in [-0.25, -0.2) is 0 Å². The number of hydrogen-bond donors (Lipinski definition) is 0. The van der Waals surface area contributed by atoms with Crippen molar-refractivity contribution < 1.29 is 27.4 Å². The average molecular weight is 443 g/mol. The van der Waals surface area contributed by atoms with E-state index in [1.807, 2.05) is 26.0 Å². The minimum absolute atomic E-state index is 0.251. The molecule has 0 bridgehead atoms. The molecule has 3 aromatic rings. The second kappa shape index (κ2) is 9.10. The minimum atomic E-state index is -4.75. The van der Waals surface area contributed by atoms with Crippen molar-refractivity contribution in [3.63, 3.8) is 0 Å². The van der Waals surface area contributed by atoms with Crippen LogP contribution in [0.5, 0.6) is 23.0 Å². The summed E-state index contributed by atoms with van der Waals surface area (Å²) in [6.07, 6.45) is -0.547. The molecule has 0 unspecified atom stereocenters. The fourth-order valence-electron chi connectivity index (χ4n) is 4.04. The van der Waals surface area contributed by atoms with E-state index in [2.05, 4.69) is 4.74 Å². The van der Waals surface area contributed by atoms with Crippen LogP contribution in [0.2, 0.25) is 0 Å². The zero-order valence-electron chi connectivity index (χ0n) is 18.0. The number of aryl methyl sites for hydroxylation is 2. The Morgan fingerprint density at radius 3 is 2.38 bits per heavy atom. The Bertz CT molecular complexity index is 1090. The molecule has 0 saturated heterocycles. The van der Waals surface area contributed by atoms with Crippen LogP contribution in [-0.4, -0.2) is 18.0 Å². The molecule has 4 rings (SSSR count). The summed E-state index contributed by atoms with van der Waals surface area (Å²) in [4.78, 5) is 4.84. The van der Waals surface area contributed by atoms with Gasteiger partial charge >= 0.3 is 6.36 Å². The van der Waals surface area contributed by atoms with E-state index in [-0.39, 0.29) is 11.5 Å². The monoisotopic (exact) mass is 443 g/mol. The van der Waals surface area contributed by atoms with Crippen LogP contribution < -0.4 is 14.2 Å². The van der Waals surface area contributed by atoms with Gasteiger partial charge in [-0.15, -0.1) is 13.2 Å². The summed E-state index contributed by atoms with van der Waals surface area (Å²) in [6, 6.07) is 12.8. The van der Waals surface area contributed by atoms with Crippen molar-refractivity contribution in [2.75, 3.05) is 6.61 Å². The highest BCUT2D eigenvalue weighted by molar-refractivity contribution is 5.75. The maximum absolute atomic E-state index is 12.5. The van der Waals surface area contributed by atoms with Crippen molar-refractivity contribution in [2.24, 2.45) is 0 Å². The van der Waals surface area contributed by atoms with E-state index >= 15 is 0 Å². The third kappa shape index (κ3) is 4.98. The third-order valence-electron chi connectivity index (χ3n) is 5.31. The Morgan fingerprint density at radius 2 is 1.66 bits per heavy atom. The quantitative estimate of drug-likeness (QED) is 0.410. The first-order valence-corrected chi connectivity index (χ1v) is 10.6. The lowest BCUT2D eigenvalue weighted by molar-refractivity contribution is -0.274. The topological polar surface area (TPSA) is 40.6 Å². The molecule has 2 aromatic carbocycles. The van der Waals surface area contributed by atoms with Gasteiger partial charge in [0.25, 0.3) is 0 Å². The molecule has 168 valence electrons. The molecule has 0 spiro atoms. The average Bonchev–Trinajstić information content (AvgIpc) is 2.74. The molecule has 1 aliphatic carbocycles. The normalized spacial score (nSPS) is 13.4. The Balaban J connectivity index is 1.60. The number of benzene rings is 2.